The Balaban J connectivity index is 2.01. The van der Waals surface area contributed by atoms with Crippen LogP contribution in [-0.2, 0) is 0 Å². The number of hydrogen-bond acceptors (Lipinski definition) is 5. The van der Waals surface area contributed by atoms with E-state index >= 15 is 0 Å². The van der Waals surface area contributed by atoms with Crippen LogP contribution < -0.4 is 11.3 Å². The molecule has 0 fully saturated rings. The lowest BCUT2D eigenvalue weighted by atomic mass is 10.1. The molecule has 7 heteroatoms. The number of fused-ring (bicyclic) bond motifs is 1. The molecule has 94 valence electrons. The quantitative estimate of drug-likeness (QED) is 0.640. The number of H-pyrrole nitrogens is 1. The molecule has 2 heterocycles. The average Bonchev–Trinajstić information content (AvgIpc) is 2.92. The third kappa shape index (κ3) is 1.60. The van der Waals surface area contributed by atoms with Gasteiger partial charge in [-0.3, -0.25) is 9.78 Å². The Labute approximate surface area is 105 Å². The first kappa shape index (κ1) is 8.87. The number of allylic oxidation sites excluding steroid dienone is 1. The second kappa shape index (κ2) is 3.95. The maximum Gasteiger partial charge on any atom is 0.280 e. The summed E-state index contributed by atoms with van der Waals surface area (Å²) in [4.78, 5) is 22.1. The molecule has 0 aliphatic heterocycles. The number of anilines is 1. The number of imidazole rings is 1. The van der Waals surface area contributed by atoms with Crippen LogP contribution in [0.4, 0.5) is 5.95 Å². The number of nitrogens with one attached hydrogen (secondary N) is 1. The Bertz CT molecular complexity index is 745. The monoisotopic (exact) mass is 250 g/mol. The van der Waals surface area contributed by atoms with Gasteiger partial charge in [-0.1, -0.05) is 12.2 Å². The van der Waals surface area contributed by atoms with E-state index in [9.17, 15) is 9.90 Å². The van der Waals surface area contributed by atoms with E-state index in [0.717, 1.165) is 0 Å². The Hall–Kier alpha value is -2.15. The normalized spacial score (nSPS) is 25.4. The molecule has 7 nitrogen and oxygen atoms in total. The zero-order valence-corrected chi connectivity index (χ0v) is 9.37. The number of hydrogen-bond donors (Lipinski definition) is 3. The van der Waals surface area contributed by atoms with Crippen molar-refractivity contribution >= 4 is 17.1 Å². The fourth-order valence-electron chi connectivity index (χ4n) is 2.17. The summed E-state index contributed by atoms with van der Waals surface area (Å²) in [7, 11) is 0. The summed E-state index contributed by atoms with van der Waals surface area (Å²) >= 11 is 0. The van der Waals surface area contributed by atoms with E-state index in [1.807, 2.05) is 0 Å². The van der Waals surface area contributed by atoms with Crippen molar-refractivity contribution in [3.63, 3.8) is 0 Å². The molecule has 2 aromatic rings. The number of nitrogen functional groups attached to an aromatic ring is 1. The number of nitrogens with zero attached hydrogens (tertiary/aromatic N) is 3. The Morgan fingerprint density at radius 2 is 2.50 bits per heavy atom. The van der Waals surface area contributed by atoms with Crippen molar-refractivity contribution < 1.29 is 7.85 Å². The van der Waals surface area contributed by atoms with Gasteiger partial charge in [0.1, 0.15) is 0 Å². The van der Waals surface area contributed by atoms with E-state index in [2.05, 4.69) is 15.0 Å². The maximum absolute atomic E-state index is 11.7. The lowest BCUT2D eigenvalue weighted by Crippen LogP contribution is -2.13. The Morgan fingerprint density at radius 3 is 3.22 bits per heavy atom. The highest BCUT2D eigenvalue weighted by Crippen LogP contribution is 2.29. The van der Waals surface area contributed by atoms with E-state index in [4.69, 9.17) is 8.48 Å². The van der Waals surface area contributed by atoms with Crippen molar-refractivity contribution in [1.29, 1.82) is 0 Å². The zero-order valence-electron chi connectivity index (χ0n) is 11.4. The van der Waals surface area contributed by atoms with Gasteiger partial charge in [0.25, 0.3) is 5.56 Å². The van der Waals surface area contributed by atoms with Gasteiger partial charge in [0.05, 0.1) is 15.1 Å². The summed E-state index contributed by atoms with van der Waals surface area (Å²) in [5, 5.41) is 9.40. The third-order valence-electron chi connectivity index (χ3n) is 3.03. The molecule has 0 bridgehead atoms. The SMILES string of the molecule is [2H]C([2H])(O)[C@@H]1C=C[C@H](n2[13cH]nc3c(=O)[nH]c(N)nc32)C1. The van der Waals surface area contributed by atoms with E-state index in [1.165, 1.54) is 6.33 Å². The van der Waals surface area contributed by atoms with Crippen LogP contribution >= 0.6 is 0 Å². The van der Waals surface area contributed by atoms with Crippen LogP contribution in [0, 0.1) is 5.92 Å². The third-order valence-corrected chi connectivity index (χ3v) is 3.03. The highest BCUT2D eigenvalue weighted by molar-refractivity contribution is 5.70. The van der Waals surface area contributed by atoms with Gasteiger partial charge in [-0.2, -0.15) is 4.98 Å². The summed E-state index contributed by atoms with van der Waals surface area (Å²) in [5.74, 6) is -0.607. The van der Waals surface area contributed by atoms with Gasteiger partial charge in [-0.05, 0) is 6.42 Å². The molecule has 0 saturated carbocycles. The lowest BCUT2D eigenvalue weighted by molar-refractivity contribution is 0.244. The summed E-state index contributed by atoms with van der Waals surface area (Å²) in [6.07, 6.45) is 5.21. The molecule has 0 radical (unpaired) electrons. The number of aromatic nitrogens is 4. The number of nitrogens with two attached hydrogens (primary N) is 1. The summed E-state index contributed by atoms with van der Waals surface area (Å²) in [5.41, 5.74) is 5.64. The van der Waals surface area contributed by atoms with Crippen LogP contribution in [0.1, 0.15) is 15.2 Å². The molecular formula is C11H13N5O2. The number of rotatable bonds is 2. The first-order valence-corrected chi connectivity index (χ1v) is 5.49. The van der Waals surface area contributed by atoms with Gasteiger partial charge in [-0.15, -0.1) is 0 Å². The molecule has 0 unspecified atom stereocenters. The van der Waals surface area contributed by atoms with Crippen molar-refractivity contribution in [2.75, 3.05) is 12.3 Å². The lowest BCUT2D eigenvalue weighted by Gasteiger charge is -2.12. The molecule has 0 aromatic carbocycles. The van der Waals surface area contributed by atoms with Crippen molar-refractivity contribution in [2.45, 2.75) is 12.5 Å². The minimum absolute atomic E-state index is 0.000245. The number of aromatic amines is 1. The van der Waals surface area contributed by atoms with Crippen LogP contribution in [0.3, 0.4) is 0 Å². The van der Waals surface area contributed by atoms with E-state index in [1.54, 1.807) is 16.7 Å². The molecule has 2 aromatic heterocycles. The van der Waals surface area contributed by atoms with E-state index in [-0.39, 0.29) is 17.5 Å². The topological polar surface area (TPSA) is 110 Å². The van der Waals surface area contributed by atoms with Crippen molar-refractivity contribution in [3.8, 4) is 0 Å². The average molecular weight is 250 g/mol. The smallest absolute Gasteiger partial charge is 0.280 e. The Morgan fingerprint density at radius 1 is 1.67 bits per heavy atom. The minimum atomic E-state index is -2.27. The van der Waals surface area contributed by atoms with Crippen molar-refractivity contribution in [1.82, 2.24) is 19.5 Å². The molecule has 1 aliphatic carbocycles. The second-order valence-electron chi connectivity index (χ2n) is 4.20. The fourth-order valence-corrected chi connectivity index (χ4v) is 2.17. The second-order valence-corrected chi connectivity index (χ2v) is 4.20. The van der Waals surface area contributed by atoms with Crippen LogP contribution in [-0.4, -0.2) is 31.2 Å². The van der Waals surface area contributed by atoms with Gasteiger partial charge >= 0.3 is 0 Å². The molecule has 0 saturated heterocycles. The predicted octanol–water partition coefficient (Wildman–Crippen LogP) is -0.189. The van der Waals surface area contributed by atoms with E-state index in [0.29, 0.717) is 12.1 Å². The van der Waals surface area contributed by atoms with Crippen LogP contribution in [0.5, 0.6) is 0 Å². The fraction of sp³-hybridized carbons (Fsp3) is 0.364. The van der Waals surface area contributed by atoms with Gasteiger partial charge in [0.2, 0.25) is 5.95 Å². The highest BCUT2D eigenvalue weighted by Gasteiger charge is 2.22. The van der Waals surface area contributed by atoms with E-state index < -0.39 is 18.0 Å². The van der Waals surface area contributed by atoms with Crippen LogP contribution in [0.25, 0.3) is 11.2 Å². The first-order valence-electron chi connectivity index (χ1n) is 6.49. The summed E-state index contributed by atoms with van der Waals surface area (Å²) in [6, 6.07) is -0.221. The first-order chi connectivity index (χ1) is 9.36. The predicted molar refractivity (Wildman–Crippen MR) is 65.9 cm³/mol. The number of aliphatic hydroxyl groups is 1. The summed E-state index contributed by atoms with van der Waals surface area (Å²) in [6.45, 7) is -2.27. The minimum Gasteiger partial charge on any atom is -0.396 e. The maximum atomic E-state index is 11.7. The molecule has 18 heavy (non-hydrogen) atoms. The standard InChI is InChI=1S/C11H13N5O2/c12-11-14-9-8(10(18)15-11)13-5-16(9)7-2-1-6(3-7)4-17/h1-2,5-7,17H,3-4H2,(H3,12,14,15,18)/t6-,7+/m1/s1/i4D2,5+1. The van der Waals surface area contributed by atoms with Crippen LogP contribution in [0.15, 0.2) is 23.3 Å². The zero-order chi connectivity index (χ0) is 14.5. The van der Waals surface area contributed by atoms with Gasteiger partial charge in [-0.25, -0.2) is 4.98 Å². The molecule has 0 spiro atoms. The van der Waals surface area contributed by atoms with Gasteiger partial charge in [0.15, 0.2) is 11.2 Å². The Kier molecular flexibility index (Phi) is 1.95. The highest BCUT2D eigenvalue weighted by atomic mass is 16.3. The molecular weight excluding hydrogens is 235 g/mol. The molecule has 1 aliphatic rings. The molecule has 3 rings (SSSR count). The van der Waals surface area contributed by atoms with Gasteiger partial charge in [0, 0.05) is 12.5 Å². The van der Waals surface area contributed by atoms with Crippen LogP contribution in [0.2, 0.25) is 0 Å². The molecule has 0 amide bonds. The molecule has 2 atom stereocenters. The van der Waals surface area contributed by atoms with Crippen molar-refractivity contribution in [2.24, 2.45) is 5.92 Å². The summed E-state index contributed by atoms with van der Waals surface area (Å²) < 4.78 is 16.3. The largest absolute Gasteiger partial charge is 0.396 e. The van der Waals surface area contributed by atoms with Gasteiger partial charge < -0.3 is 15.4 Å². The molecule has 4 N–H and O–H groups in total. The van der Waals surface area contributed by atoms with Crippen molar-refractivity contribution in [3.05, 3.63) is 28.8 Å².